The standard InChI is InChI=1S/C20H20ClFN4O2/c21-16-9-13-8-15(11-23-20(27)26-6-1-2-7-26)24-17(13)10-18(16)28-12-14-4-3-5-19(22)25-14/h3-5,8-10,24H,1-2,6-7,11-12H2,(H,23,27). The molecular formula is C20H20ClFN4O2. The molecule has 1 fully saturated rings. The number of urea groups is 1. The lowest BCUT2D eigenvalue weighted by Crippen LogP contribution is -2.37. The van der Waals surface area contributed by atoms with Crippen LogP contribution in [0.2, 0.25) is 5.02 Å². The van der Waals surface area contributed by atoms with Crippen molar-refractivity contribution in [2.24, 2.45) is 0 Å². The van der Waals surface area contributed by atoms with Crippen LogP contribution in [0.5, 0.6) is 5.75 Å². The van der Waals surface area contributed by atoms with E-state index in [1.165, 1.54) is 6.07 Å². The number of aromatic amines is 1. The van der Waals surface area contributed by atoms with Crippen LogP contribution in [0.1, 0.15) is 24.2 Å². The van der Waals surface area contributed by atoms with Gasteiger partial charge in [-0.1, -0.05) is 17.7 Å². The largest absolute Gasteiger partial charge is 0.486 e. The van der Waals surface area contributed by atoms with Crippen molar-refractivity contribution in [1.82, 2.24) is 20.2 Å². The predicted octanol–water partition coefficient (Wildman–Crippen LogP) is 4.24. The molecule has 2 N–H and O–H groups in total. The van der Waals surface area contributed by atoms with Crippen molar-refractivity contribution in [3.63, 3.8) is 0 Å². The zero-order valence-corrected chi connectivity index (χ0v) is 15.9. The van der Waals surface area contributed by atoms with E-state index in [1.54, 1.807) is 24.3 Å². The minimum absolute atomic E-state index is 0.0409. The van der Waals surface area contributed by atoms with E-state index in [4.69, 9.17) is 16.3 Å². The molecule has 0 saturated carbocycles. The van der Waals surface area contributed by atoms with Gasteiger partial charge in [-0.05, 0) is 37.1 Å². The van der Waals surface area contributed by atoms with Gasteiger partial charge >= 0.3 is 6.03 Å². The number of pyridine rings is 1. The number of hydrogen-bond donors (Lipinski definition) is 2. The molecule has 0 unspecified atom stereocenters. The van der Waals surface area contributed by atoms with Gasteiger partial charge in [-0.3, -0.25) is 0 Å². The summed E-state index contributed by atoms with van der Waals surface area (Å²) in [6, 6.07) is 10.1. The molecule has 3 heterocycles. The molecule has 146 valence electrons. The minimum atomic E-state index is -0.548. The first-order chi connectivity index (χ1) is 13.6. The minimum Gasteiger partial charge on any atom is -0.486 e. The van der Waals surface area contributed by atoms with Gasteiger partial charge in [0.15, 0.2) is 0 Å². The number of rotatable bonds is 5. The molecule has 0 radical (unpaired) electrons. The van der Waals surface area contributed by atoms with Gasteiger partial charge in [0.05, 0.1) is 17.3 Å². The van der Waals surface area contributed by atoms with Crippen molar-refractivity contribution in [2.45, 2.75) is 26.0 Å². The molecule has 4 rings (SSSR count). The maximum absolute atomic E-state index is 13.2. The third-order valence-electron chi connectivity index (χ3n) is 4.70. The molecule has 1 aliphatic heterocycles. The van der Waals surface area contributed by atoms with Gasteiger partial charge in [0.25, 0.3) is 0 Å². The molecule has 2 amide bonds. The molecule has 28 heavy (non-hydrogen) atoms. The monoisotopic (exact) mass is 402 g/mol. The van der Waals surface area contributed by atoms with Crippen LogP contribution in [0.4, 0.5) is 9.18 Å². The molecule has 1 saturated heterocycles. The first kappa shape index (κ1) is 18.6. The van der Waals surface area contributed by atoms with E-state index < -0.39 is 5.95 Å². The van der Waals surface area contributed by atoms with E-state index in [0.717, 1.165) is 42.5 Å². The van der Waals surface area contributed by atoms with E-state index >= 15 is 0 Å². The summed E-state index contributed by atoms with van der Waals surface area (Å²) in [4.78, 5) is 21.0. The summed E-state index contributed by atoms with van der Waals surface area (Å²) in [5.74, 6) is -0.0673. The number of hydrogen-bond acceptors (Lipinski definition) is 3. The van der Waals surface area contributed by atoms with Crippen LogP contribution in [0.3, 0.4) is 0 Å². The molecule has 0 bridgehead atoms. The van der Waals surface area contributed by atoms with Crippen LogP contribution in [-0.2, 0) is 13.2 Å². The van der Waals surface area contributed by atoms with Gasteiger partial charge in [-0.2, -0.15) is 4.39 Å². The Morgan fingerprint density at radius 2 is 2.11 bits per heavy atom. The van der Waals surface area contributed by atoms with Gasteiger partial charge in [-0.25, -0.2) is 9.78 Å². The topological polar surface area (TPSA) is 70.2 Å². The van der Waals surface area contributed by atoms with E-state index in [0.29, 0.717) is 23.0 Å². The molecule has 6 nitrogen and oxygen atoms in total. The molecule has 0 spiro atoms. The number of H-pyrrole nitrogens is 1. The number of benzene rings is 1. The number of carbonyl (C=O) groups is 1. The Labute approximate surface area is 166 Å². The van der Waals surface area contributed by atoms with Crippen molar-refractivity contribution in [3.8, 4) is 5.75 Å². The highest BCUT2D eigenvalue weighted by Crippen LogP contribution is 2.31. The van der Waals surface area contributed by atoms with Gasteiger partial charge in [0, 0.05) is 35.8 Å². The predicted molar refractivity (Wildman–Crippen MR) is 105 cm³/mol. The normalized spacial score (nSPS) is 13.9. The lowest BCUT2D eigenvalue weighted by Gasteiger charge is -2.15. The average molecular weight is 403 g/mol. The second-order valence-electron chi connectivity index (χ2n) is 6.76. The van der Waals surface area contributed by atoms with E-state index in [-0.39, 0.29) is 12.6 Å². The first-order valence-electron chi connectivity index (χ1n) is 9.16. The average Bonchev–Trinajstić information content (AvgIpc) is 3.34. The van der Waals surface area contributed by atoms with Gasteiger partial charge in [0.2, 0.25) is 5.95 Å². The fourth-order valence-corrected chi connectivity index (χ4v) is 3.51. The molecule has 1 aliphatic rings. The van der Waals surface area contributed by atoms with Gasteiger partial charge in [0.1, 0.15) is 12.4 Å². The maximum atomic E-state index is 13.2. The third-order valence-corrected chi connectivity index (χ3v) is 5.00. The van der Waals surface area contributed by atoms with E-state index in [2.05, 4.69) is 15.3 Å². The Morgan fingerprint density at radius 1 is 1.29 bits per heavy atom. The highest BCUT2D eigenvalue weighted by molar-refractivity contribution is 6.32. The number of carbonyl (C=O) groups excluding carboxylic acids is 1. The van der Waals surface area contributed by atoms with Crippen LogP contribution >= 0.6 is 11.6 Å². The SMILES string of the molecule is O=C(NCc1cc2cc(Cl)c(OCc3cccc(F)n3)cc2[nH]1)N1CCCC1. The smallest absolute Gasteiger partial charge is 0.317 e. The number of nitrogens with one attached hydrogen (secondary N) is 2. The summed E-state index contributed by atoms with van der Waals surface area (Å²) in [6.45, 7) is 2.15. The molecule has 3 aromatic rings. The summed E-state index contributed by atoms with van der Waals surface area (Å²) in [7, 11) is 0. The van der Waals surface area contributed by atoms with Crippen molar-refractivity contribution in [1.29, 1.82) is 0 Å². The number of halogens is 2. The lowest BCUT2D eigenvalue weighted by molar-refractivity contribution is 0.208. The number of nitrogens with zero attached hydrogens (tertiary/aromatic N) is 2. The fraction of sp³-hybridized carbons (Fsp3) is 0.300. The number of amides is 2. The molecular weight excluding hydrogens is 383 g/mol. The molecule has 2 aromatic heterocycles. The molecule has 0 aliphatic carbocycles. The molecule has 0 atom stereocenters. The Hall–Kier alpha value is -2.80. The van der Waals surface area contributed by atoms with E-state index in [1.807, 2.05) is 11.0 Å². The Morgan fingerprint density at radius 3 is 2.89 bits per heavy atom. The summed E-state index contributed by atoms with van der Waals surface area (Å²) in [5, 5.41) is 4.31. The third kappa shape index (κ3) is 4.20. The summed E-state index contributed by atoms with van der Waals surface area (Å²) in [6.07, 6.45) is 2.12. The Kier molecular flexibility index (Phi) is 5.34. The number of likely N-dealkylation sites (tertiary alicyclic amines) is 1. The van der Waals surface area contributed by atoms with E-state index in [9.17, 15) is 9.18 Å². The zero-order valence-electron chi connectivity index (χ0n) is 15.2. The van der Waals surface area contributed by atoms with Crippen LogP contribution < -0.4 is 10.1 Å². The molecule has 1 aromatic carbocycles. The van der Waals surface area contributed by atoms with Crippen molar-refractivity contribution < 1.29 is 13.9 Å². The zero-order chi connectivity index (χ0) is 19.5. The highest BCUT2D eigenvalue weighted by atomic mass is 35.5. The summed E-state index contributed by atoms with van der Waals surface area (Å²) >= 11 is 6.31. The van der Waals surface area contributed by atoms with Crippen LogP contribution in [0.15, 0.2) is 36.4 Å². The summed E-state index contributed by atoms with van der Waals surface area (Å²) in [5.41, 5.74) is 2.20. The lowest BCUT2D eigenvalue weighted by atomic mass is 10.2. The summed E-state index contributed by atoms with van der Waals surface area (Å²) < 4.78 is 18.9. The van der Waals surface area contributed by atoms with Crippen molar-refractivity contribution in [3.05, 3.63) is 58.8 Å². The fourth-order valence-electron chi connectivity index (χ4n) is 3.28. The van der Waals surface area contributed by atoms with Crippen LogP contribution in [-0.4, -0.2) is 34.0 Å². The van der Waals surface area contributed by atoms with Gasteiger partial charge in [-0.15, -0.1) is 0 Å². The Balaban J connectivity index is 1.43. The highest BCUT2D eigenvalue weighted by Gasteiger charge is 2.17. The Bertz CT molecular complexity index is 1000. The molecule has 8 heteroatoms. The second-order valence-corrected chi connectivity index (χ2v) is 7.16. The number of ether oxygens (including phenoxy) is 1. The maximum Gasteiger partial charge on any atom is 0.317 e. The van der Waals surface area contributed by atoms with Crippen LogP contribution in [0.25, 0.3) is 10.9 Å². The van der Waals surface area contributed by atoms with Crippen molar-refractivity contribution in [2.75, 3.05) is 13.1 Å². The van der Waals surface area contributed by atoms with Crippen molar-refractivity contribution >= 4 is 28.5 Å². The number of fused-ring (bicyclic) bond motifs is 1. The quantitative estimate of drug-likeness (QED) is 0.627. The second kappa shape index (κ2) is 8.06. The van der Waals surface area contributed by atoms with Crippen LogP contribution in [0, 0.1) is 5.95 Å². The number of aromatic nitrogens is 2. The van der Waals surface area contributed by atoms with Gasteiger partial charge < -0.3 is 19.9 Å². The first-order valence-corrected chi connectivity index (χ1v) is 9.54.